The van der Waals surface area contributed by atoms with Gasteiger partial charge in [-0.1, -0.05) is 63.2 Å². The van der Waals surface area contributed by atoms with Crippen LogP contribution in [0.1, 0.15) is 44.7 Å². The minimum absolute atomic E-state index is 0.0556. The van der Waals surface area contributed by atoms with Crippen LogP contribution in [0.4, 0.5) is 4.79 Å². The lowest BCUT2D eigenvalue weighted by Gasteiger charge is -2.39. The maximum Gasteiger partial charge on any atom is 0.339 e. The van der Waals surface area contributed by atoms with Crippen LogP contribution in [0.15, 0.2) is 54.6 Å². The van der Waals surface area contributed by atoms with E-state index < -0.39 is 0 Å². The fourth-order valence-corrected chi connectivity index (χ4v) is 4.49. The summed E-state index contributed by atoms with van der Waals surface area (Å²) in [5.41, 5.74) is 4.97. The quantitative estimate of drug-likeness (QED) is 0.725. The van der Waals surface area contributed by atoms with Gasteiger partial charge in [0, 0.05) is 19.4 Å². The van der Waals surface area contributed by atoms with Gasteiger partial charge in [-0.15, -0.1) is 0 Å². The molecule has 2 unspecified atom stereocenters. The lowest BCUT2D eigenvalue weighted by molar-refractivity contribution is -0.122. The van der Waals surface area contributed by atoms with Crippen molar-refractivity contribution in [2.45, 2.75) is 46.1 Å². The summed E-state index contributed by atoms with van der Waals surface area (Å²) in [6.07, 6.45) is 0.728. The molecule has 2 aromatic carbocycles. The number of urea groups is 1. The summed E-state index contributed by atoms with van der Waals surface area (Å²) in [7, 11) is 1.65. The van der Waals surface area contributed by atoms with E-state index in [9.17, 15) is 9.59 Å². The van der Waals surface area contributed by atoms with E-state index >= 15 is 0 Å². The van der Waals surface area contributed by atoms with Crippen molar-refractivity contribution in [2.24, 2.45) is 5.41 Å². The van der Waals surface area contributed by atoms with Crippen LogP contribution >= 0.6 is 0 Å². The molecule has 1 aliphatic heterocycles. The van der Waals surface area contributed by atoms with Crippen molar-refractivity contribution < 1.29 is 14.3 Å². The van der Waals surface area contributed by atoms with Gasteiger partial charge in [-0.25, -0.2) is 9.80 Å². The number of hydrogen-bond acceptors (Lipinski definition) is 3. The SMILES string of the molecule is COc1ccc(CCN2C(=O)N(NC(C)=O)CC2C(c2ccccc2)C(C)(C)C)cc1. The van der Waals surface area contributed by atoms with E-state index in [2.05, 4.69) is 38.3 Å². The molecule has 3 rings (SSSR count). The van der Waals surface area contributed by atoms with Crippen LogP contribution in [0.3, 0.4) is 0 Å². The molecule has 166 valence electrons. The molecular formula is C25H33N3O3. The molecule has 1 aliphatic rings. The zero-order valence-electron chi connectivity index (χ0n) is 19.1. The number of amides is 3. The molecule has 2 aromatic rings. The Morgan fingerprint density at radius 2 is 1.77 bits per heavy atom. The normalized spacial score (nSPS) is 17.6. The van der Waals surface area contributed by atoms with Crippen LogP contribution in [0, 0.1) is 5.41 Å². The van der Waals surface area contributed by atoms with Gasteiger partial charge in [0.15, 0.2) is 0 Å². The number of hydrazine groups is 1. The maximum absolute atomic E-state index is 13.3. The van der Waals surface area contributed by atoms with Gasteiger partial charge in [0.1, 0.15) is 5.75 Å². The highest BCUT2D eigenvalue weighted by Crippen LogP contribution is 2.41. The van der Waals surface area contributed by atoms with Crippen molar-refractivity contribution >= 4 is 11.9 Å². The van der Waals surface area contributed by atoms with E-state index in [1.165, 1.54) is 17.5 Å². The Bertz CT molecular complexity index is 890. The van der Waals surface area contributed by atoms with Gasteiger partial charge < -0.3 is 9.64 Å². The minimum atomic E-state index is -0.240. The first-order valence-corrected chi connectivity index (χ1v) is 10.7. The minimum Gasteiger partial charge on any atom is -0.497 e. The molecule has 1 N–H and O–H groups in total. The van der Waals surface area contributed by atoms with Crippen molar-refractivity contribution in [3.05, 3.63) is 65.7 Å². The highest BCUT2D eigenvalue weighted by molar-refractivity contribution is 5.82. The summed E-state index contributed by atoms with van der Waals surface area (Å²) < 4.78 is 5.24. The summed E-state index contributed by atoms with van der Waals surface area (Å²) >= 11 is 0. The highest BCUT2D eigenvalue weighted by atomic mass is 16.5. The van der Waals surface area contributed by atoms with Crippen LogP contribution < -0.4 is 10.2 Å². The number of ether oxygens (including phenoxy) is 1. The van der Waals surface area contributed by atoms with Crippen LogP contribution in [-0.2, 0) is 11.2 Å². The van der Waals surface area contributed by atoms with Gasteiger partial charge >= 0.3 is 6.03 Å². The topological polar surface area (TPSA) is 61.9 Å². The van der Waals surface area contributed by atoms with Crippen LogP contribution in [0.25, 0.3) is 0 Å². The first-order chi connectivity index (χ1) is 14.7. The summed E-state index contributed by atoms with van der Waals surface area (Å²) in [6.45, 7) is 9.08. The zero-order valence-corrected chi connectivity index (χ0v) is 19.1. The third-order valence-corrected chi connectivity index (χ3v) is 5.82. The van der Waals surface area contributed by atoms with Gasteiger partial charge in [-0.3, -0.25) is 10.2 Å². The molecule has 1 saturated heterocycles. The van der Waals surface area contributed by atoms with E-state index in [1.54, 1.807) is 7.11 Å². The third kappa shape index (κ3) is 5.37. The molecule has 31 heavy (non-hydrogen) atoms. The van der Waals surface area contributed by atoms with Gasteiger partial charge in [0.25, 0.3) is 0 Å². The Kier molecular flexibility index (Phi) is 6.88. The number of carbonyl (C=O) groups is 2. The zero-order chi connectivity index (χ0) is 22.6. The fraction of sp³-hybridized carbons (Fsp3) is 0.440. The molecule has 0 aliphatic carbocycles. The number of benzene rings is 2. The van der Waals surface area contributed by atoms with E-state index in [0.29, 0.717) is 13.1 Å². The molecule has 6 heteroatoms. The molecule has 1 fully saturated rings. The van der Waals surface area contributed by atoms with Gasteiger partial charge in [0.2, 0.25) is 5.91 Å². The van der Waals surface area contributed by atoms with Crippen molar-refractivity contribution in [1.29, 1.82) is 0 Å². The van der Waals surface area contributed by atoms with E-state index in [-0.39, 0.29) is 29.3 Å². The summed E-state index contributed by atoms with van der Waals surface area (Å²) in [5.74, 6) is 0.691. The molecule has 0 spiro atoms. The average Bonchev–Trinajstić information content (AvgIpc) is 3.01. The van der Waals surface area contributed by atoms with Gasteiger partial charge in [-0.2, -0.15) is 0 Å². The van der Waals surface area contributed by atoms with Crippen LogP contribution in [0.2, 0.25) is 0 Å². The second-order valence-corrected chi connectivity index (χ2v) is 9.17. The summed E-state index contributed by atoms with van der Waals surface area (Å²) in [5, 5.41) is 1.46. The third-order valence-electron chi connectivity index (χ3n) is 5.82. The number of nitrogens with zero attached hydrogens (tertiary/aromatic N) is 2. The second-order valence-electron chi connectivity index (χ2n) is 9.17. The maximum atomic E-state index is 13.3. The number of hydrogen-bond donors (Lipinski definition) is 1. The van der Waals surface area contributed by atoms with Crippen molar-refractivity contribution in [1.82, 2.24) is 15.3 Å². The number of methoxy groups -OCH3 is 1. The summed E-state index contributed by atoms with van der Waals surface area (Å²) in [4.78, 5) is 26.9. The number of rotatable bonds is 7. The lowest BCUT2D eigenvalue weighted by atomic mass is 9.72. The largest absolute Gasteiger partial charge is 0.497 e. The van der Waals surface area contributed by atoms with Crippen LogP contribution in [-0.4, -0.2) is 48.1 Å². The van der Waals surface area contributed by atoms with Crippen molar-refractivity contribution in [3.63, 3.8) is 0 Å². The Labute approximate surface area is 185 Å². The average molecular weight is 424 g/mol. The molecule has 2 atom stereocenters. The fourth-order valence-electron chi connectivity index (χ4n) is 4.49. The van der Waals surface area contributed by atoms with Gasteiger partial charge in [0.05, 0.1) is 19.7 Å². The summed E-state index contributed by atoms with van der Waals surface area (Å²) in [6, 6.07) is 18.1. The molecule has 0 aromatic heterocycles. The Morgan fingerprint density at radius 3 is 2.32 bits per heavy atom. The molecule has 3 amide bonds. The molecule has 0 saturated carbocycles. The number of nitrogens with one attached hydrogen (secondary N) is 1. The second kappa shape index (κ2) is 9.41. The Balaban J connectivity index is 1.89. The molecule has 0 bridgehead atoms. The Hall–Kier alpha value is -3.02. The molecular weight excluding hydrogens is 390 g/mol. The van der Waals surface area contributed by atoms with E-state index in [4.69, 9.17) is 4.74 Å². The lowest BCUT2D eigenvalue weighted by Crippen LogP contribution is -2.44. The van der Waals surface area contributed by atoms with E-state index in [0.717, 1.165) is 17.7 Å². The smallest absolute Gasteiger partial charge is 0.339 e. The van der Waals surface area contributed by atoms with Crippen molar-refractivity contribution in [2.75, 3.05) is 20.2 Å². The first kappa shape index (κ1) is 22.7. The number of carbonyl (C=O) groups excluding carboxylic acids is 2. The molecule has 1 heterocycles. The standard InChI is InChI=1S/C25H33N3O3/c1-18(29)26-28-17-22(23(25(2,3)4)20-9-7-6-8-10-20)27(24(28)30)16-15-19-11-13-21(31-5)14-12-19/h6-14,22-23H,15-17H2,1-5H3,(H,26,29). The first-order valence-electron chi connectivity index (χ1n) is 10.7. The predicted octanol–water partition coefficient (Wildman–Crippen LogP) is 4.22. The highest BCUT2D eigenvalue weighted by Gasteiger charge is 2.46. The Morgan fingerprint density at radius 1 is 1.13 bits per heavy atom. The van der Waals surface area contributed by atoms with E-state index in [1.807, 2.05) is 47.4 Å². The monoisotopic (exact) mass is 423 g/mol. The van der Waals surface area contributed by atoms with Crippen LogP contribution in [0.5, 0.6) is 5.75 Å². The predicted molar refractivity (Wildman–Crippen MR) is 122 cm³/mol. The molecule has 6 nitrogen and oxygen atoms in total. The van der Waals surface area contributed by atoms with Crippen molar-refractivity contribution in [3.8, 4) is 5.75 Å². The molecule has 0 radical (unpaired) electrons. The van der Waals surface area contributed by atoms with Gasteiger partial charge in [-0.05, 0) is 35.1 Å².